The van der Waals surface area contributed by atoms with Gasteiger partial charge in [-0.05, 0) is 36.4 Å². The summed E-state index contributed by atoms with van der Waals surface area (Å²) in [5, 5.41) is 13.2. The van der Waals surface area contributed by atoms with E-state index in [1.807, 2.05) is 48.5 Å². The molecular formula is C19H16BrN3O2. The molecule has 1 amide bonds. The maximum Gasteiger partial charge on any atom is 0.229 e. The van der Waals surface area contributed by atoms with E-state index in [9.17, 15) is 9.90 Å². The minimum Gasteiger partial charge on any atom is -0.512 e. The largest absolute Gasteiger partial charge is 0.512 e. The summed E-state index contributed by atoms with van der Waals surface area (Å²) in [5.41, 5.74) is 3.21. The Morgan fingerprint density at radius 1 is 1.20 bits per heavy atom. The summed E-state index contributed by atoms with van der Waals surface area (Å²) in [5.74, 6) is 0.744. The third-order valence-electron chi connectivity index (χ3n) is 4.31. The van der Waals surface area contributed by atoms with Crippen molar-refractivity contribution in [1.82, 2.24) is 9.55 Å². The van der Waals surface area contributed by atoms with E-state index in [4.69, 9.17) is 0 Å². The van der Waals surface area contributed by atoms with E-state index in [1.54, 1.807) is 0 Å². The summed E-state index contributed by atoms with van der Waals surface area (Å²) in [6.07, 6.45) is 0.597. The molecule has 2 N–H and O–H groups in total. The number of carbonyl (C=O) groups excluding carboxylic acids is 1. The summed E-state index contributed by atoms with van der Waals surface area (Å²) in [7, 11) is 0. The van der Waals surface area contributed by atoms with Crippen LogP contribution >= 0.6 is 15.9 Å². The number of aromatic nitrogens is 2. The molecule has 0 saturated carbocycles. The van der Waals surface area contributed by atoms with Crippen molar-refractivity contribution < 1.29 is 9.90 Å². The molecule has 2 heterocycles. The maximum atomic E-state index is 12.4. The predicted molar refractivity (Wildman–Crippen MR) is 101 cm³/mol. The van der Waals surface area contributed by atoms with Gasteiger partial charge in [0.1, 0.15) is 11.6 Å². The Hall–Kier alpha value is -2.60. The molecule has 1 aliphatic heterocycles. The highest BCUT2D eigenvalue weighted by molar-refractivity contribution is 9.10. The second-order valence-corrected chi connectivity index (χ2v) is 6.90. The van der Waals surface area contributed by atoms with E-state index >= 15 is 0 Å². The fraction of sp³-hybridized carbons (Fsp3) is 0.158. The SMILES string of the molecule is O=C(CC1=C(O)CCn2c1nc1ccccc12)Nc1ccc(Br)cc1. The van der Waals surface area contributed by atoms with E-state index in [0.717, 1.165) is 21.2 Å². The molecule has 0 fully saturated rings. The van der Waals surface area contributed by atoms with Gasteiger partial charge in [-0.15, -0.1) is 0 Å². The highest BCUT2D eigenvalue weighted by atomic mass is 79.9. The zero-order chi connectivity index (χ0) is 17.4. The summed E-state index contributed by atoms with van der Waals surface area (Å²) >= 11 is 3.37. The zero-order valence-corrected chi connectivity index (χ0v) is 15.0. The maximum absolute atomic E-state index is 12.4. The van der Waals surface area contributed by atoms with Crippen LogP contribution in [0, 0.1) is 0 Å². The highest BCUT2D eigenvalue weighted by Crippen LogP contribution is 2.31. The number of carbonyl (C=O) groups is 1. The zero-order valence-electron chi connectivity index (χ0n) is 13.4. The lowest BCUT2D eigenvalue weighted by Gasteiger charge is -2.19. The molecule has 0 bridgehead atoms. The molecule has 0 radical (unpaired) electrons. The fourth-order valence-corrected chi connectivity index (χ4v) is 3.37. The number of rotatable bonds is 3. The first kappa shape index (κ1) is 15.9. The lowest BCUT2D eigenvalue weighted by Crippen LogP contribution is -2.18. The molecule has 0 spiro atoms. The summed E-state index contributed by atoms with van der Waals surface area (Å²) in [4.78, 5) is 17.0. The normalized spacial score (nSPS) is 13.8. The Morgan fingerprint density at radius 2 is 1.96 bits per heavy atom. The molecule has 0 saturated heterocycles. The molecule has 1 aliphatic rings. The molecule has 5 nitrogen and oxygen atoms in total. The van der Waals surface area contributed by atoms with E-state index in [2.05, 4.69) is 30.8 Å². The number of hydrogen-bond donors (Lipinski definition) is 2. The van der Waals surface area contributed by atoms with Gasteiger partial charge in [0, 0.05) is 28.7 Å². The number of halogens is 1. The number of hydrogen-bond acceptors (Lipinski definition) is 3. The molecule has 0 unspecified atom stereocenters. The second-order valence-electron chi connectivity index (χ2n) is 5.98. The van der Waals surface area contributed by atoms with Crippen LogP contribution in [0.5, 0.6) is 0 Å². The van der Waals surface area contributed by atoms with Crippen molar-refractivity contribution in [1.29, 1.82) is 0 Å². The van der Waals surface area contributed by atoms with Crippen molar-refractivity contribution in [3.05, 3.63) is 64.6 Å². The predicted octanol–water partition coefficient (Wildman–Crippen LogP) is 4.50. The monoisotopic (exact) mass is 397 g/mol. The fourth-order valence-electron chi connectivity index (χ4n) is 3.11. The van der Waals surface area contributed by atoms with Crippen molar-refractivity contribution >= 4 is 44.1 Å². The number of fused-ring (bicyclic) bond motifs is 3. The number of para-hydroxylation sites is 2. The van der Waals surface area contributed by atoms with Gasteiger partial charge < -0.3 is 15.0 Å². The smallest absolute Gasteiger partial charge is 0.229 e. The van der Waals surface area contributed by atoms with Crippen LogP contribution in [-0.2, 0) is 11.3 Å². The van der Waals surface area contributed by atoms with Crippen LogP contribution in [0.4, 0.5) is 5.69 Å². The summed E-state index contributed by atoms with van der Waals surface area (Å²) in [6.45, 7) is 0.666. The number of allylic oxidation sites excluding steroid dienone is 1. The Balaban J connectivity index is 1.61. The van der Waals surface area contributed by atoms with Crippen molar-refractivity contribution in [3.63, 3.8) is 0 Å². The molecule has 1 aromatic heterocycles. The minimum atomic E-state index is -0.177. The molecule has 0 aliphatic carbocycles. The number of nitrogens with one attached hydrogen (secondary N) is 1. The molecule has 0 atom stereocenters. The third kappa shape index (κ3) is 3.05. The summed E-state index contributed by atoms with van der Waals surface area (Å²) < 4.78 is 3.02. The van der Waals surface area contributed by atoms with E-state index in [-0.39, 0.29) is 18.1 Å². The topological polar surface area (TPSA) is 67.1 Å². The highest BCUT2D eigenvalue weighted by Gasteiger charge is 2.24. The number of amides is 1. The van der Waals surface area contributed by atoms with Crippen LogP contribution in [0.15, 0.2) is 58.8 Å². The molecule has 3 aromatic rings. The first-order chi connectivity index (χ1) is 12.1. The second kappa shape index (κ2) is 6.37. The van der Waals surface area contributed by atoms with Crippen LogP contribution in [0.25, 0.3) is 16.6 Å². The van der Waals surface area contributed by atoms with Crippen LogP contribution in [0.2, 0.25) is 0 Å². The van der Waals surface area contributed by atoms with Crippen LogP contribution < -0.4 is 5.32 Å². The van der Waals surface area contributed by atoms with Gasteiger partial charge in [-0.3, -0.25) is 4.79 Å². The van der Waals surface area contributed by atoms with Crippen LogP contribution in [0.3, 0.4) is 0 Å². The number of imidazole rings is 1. The molecule has 4 rings (SSSR count). The van der Waals surface area contributed by atoms with Gasteiger partial charge in [-0.25, -0.2) is 4.98 Å². The van der Waals surface area contributed by atoms with Crippen molar-refractivity contribution in [2.24, 2.45) is 0 Å². The number of aliphatic hydroxyl groups excluding tert-OH is 1. The standard InChI is InChI=1S/C19H16BrN3O2/c20-12-5-7-13(8-6-12)21-18(25)11-14-17(24)9-10-23-16-4-2-1-3-15(16)22-19(14)23/h1-8,24H,9-11H2,(H,21,25). The average molecular weight is 398 g/mol. The van der Waals surface area contributed by atoms with E-state index < -0.39 is 0 Å². The third-order valence-corrected chi connectivity index (χ3v) is 4.84. The lowest BCUT2D eigenvalue weighted by atomic mass is 10.0. The summed E-state index contributed by atoms with van der Waals surface area (Å²) in [6, 6.07) is 15.2. The van der Waals surface area contributed by atoms with Crippen molar-refractivity contribution in [3.8, 4) is 0 Å². The molecule has 126 valence electrons. The number of nitrogens with zero attached hydrogens (tertiary/aromatic N) is 2. The molecule has 6 heteroatoms. The Bertz CT molecular complexity index is 990. The van der Waals surface area contributed by atoms with Gasteiger partial charge in [0.25, 0.3) is 0 Å². The average Bonchev–Trinajstić information content (AvgIpc) is 2.98. The van der Waals surface area contributed by atoms with Crippen molar-refractivity contribution in [2.75, 3.05) is 5.32 Å². The van der Waals surface area contributed by atoms with Crippen LogP contribution in [0.1, 0.15) is 18.7 Å². The first-order valence-corrected chi connectivity index (χ1v) is 8.83. The van der Waals surface area contributed by atoms with Gasteiger partial charge in [0.2, 0.25) is 5.91 Å². The van der Waals surface area contributed by atoms with E-state index in [0.29, 0.717) is 24.4 Å². The minimum absolute atomic E-state index is 0.0885. The van der Waals surface area contributed by atoms with Crippen molar-refractivity contribution in [2.45, 2.75) is 19.4 Å². The van der Waals surface area contributed by atoms with Gasteiger partial charge >= 0.3 is 0 Å². The van der Waals surface area contributed by atoms with Gasteiger partial charge in [-0.2, -0.15) is 0 Å². The van der Waals surface area contributed by atoms with E-state index in [1.165, 1.54) is 0 Å². The number of aryl methyl sites for hydroxylation is 1. The van der Waals surface area contributed by atoms with Gasteiger partial charge in [0.05, 0.1) is 17.5 Å². The quantitative estimate of drug-likeness (QED) is 0.683. The Kier molecular flexibility index (Phi) is 4.05. The molecular weight excluding hydrogens is 382 g/mol. The van der Waals surface area contributed by atoms with Crippen LogP contribution in [-0.4, -0.2) is 20.6 Å². The molecule has 2 aromatic carbocycles. The Labute approximate surface area is 153 Å². The lowest BCUT2D eigenvalue weighted by molar-refractivity contribution is -0.115. The molecule has 25 heavy (non-hydrogen) atoms. The first-order valence-electron chi connectivity index (χ1n) is 8.04. The number of aliphatic hydroxyl groups is 1. The van der Waals surface area contributed by atoms with Gasteiger partial charge in [0.15, 0.2) is 0 Å². The number of benzene rings is 2. The Morgan fingerprint density at radius 3 is 2.76 bits per heavy atom. The van der Waals surface area contributed by atoms with Gasteiger partial charge in [-0.1, -0.05) is 28.1 Å². The number of anilines is 1.